The molecule has 0 saturated carbocycles. The van der Waals surface area contributed by atoms with Gasteiger partial charge in [-0.15, -0.1) is 0 Å². The highest BCUT2D eigenvalue weighted by Gasteiger charge is 2.11. The summed E-state index contributed by atoms with van der Waals surface area (Å²) < 4.78 is 27.3. The van der Waals surface area contributed by atoms with Crippen LogP contribution in [0.1, 0.15) is 5.69 Å². The number of aromatic nitrogens is 2. The third-order valence-corrected chi connectivity index (χ3v) is 2.45. The van der Waals surface area contributed by atoms with Gasteiger partial charge in [-0.25, -0.2) is 8.78 Å². The number of nitrogens with one attached hydrogen (secondary N) is 1. The lowest BCUT2D eigenvalue weighted by atomic mass is 10.3. The second kappa shape index (κ2) is 4.04. The zero-order valence-electron chi connectivity index (χ0n) is 9.46. The average Bonchev–Trinajstić information content (AvgIpc) is 2.50. The molecule has 0 amide bonds. The number of aryl methyl sites for hydroxylation is 2. The summed E-state index contributed by atoms with van der Waals surface area (Å²) in [5, 5.41) is 7.01. The molecule has 0 aliphatic heterocycles. The van der Waals surface area contributed by atoms with Crippen LogP contribution in [0.15, 0.2) is 18.2 Å². The van der Waals surface area contributed by atoms with E-state index in [0.717, 1.165) is 12.1 Å². The van der Waals surface area contributed by atoms with Gasteiger partial charge in [0.15, 0.2) is 17.5 Å². The zero-order valence-corrected chi connectivity index (χ0v) is 9.46. The van der Waals surface area contributed by atoms with Gasteiger partial charge in [-0.05, 0) is 19.1 Å². The van der Waals surface area contributed by atoms with Crippen LogP contribution in [0.5, 0.6) is 0 Å². The number of hydrogen-bond acceptors (Lipinski definition) is 3. The molecule has 3 N–H and O–H groups in total. The first kappa shape index (κ1) is 11.4. The molecular weight excluding hydrogens is 226 g/mol. The number of nitrogen functional groups attached to an aromatic ring is 1. The Bertz CT molecular complexity index is 563. The van der Waals surface area contributed by atoms with Gasteiger partial charge in [0.2, 0.25) is 0 Å². The van der Waals surface area contributed by atoms with Crippen LogP contribution in [0, 0.1) is 18.6 Å². The van der Waals surface area contributed by atoms with Crippen molar-refractivity contribution >= 4 is 17.2 Å². The average molecular weight is 238 g/mol. The van der Waals surface area contributed by atoms with Crippen molar-refractivity contribution in [3.8, 4) is 0 Å². The highest BCUT2D eigenvalue weighted by molar-refractivity contribution is 5.71. The van der Waals surface area contributed by atoms with E-state index >= 15 is 0 Å². The Kier molecular flexibility index (Phi) is 2.71. The normalized spacial score (nSPS) is 10.6. The molecule has 6 heteroatoms. The number of anilines is 3. The molecule has 90 valence electrons. The predicted octanol–water partition coefficient (Wildman–Crippen LogP) is 2.33. The fourth-order valence-corrected chi connectivity index (χ4v) is 1.53. The minimum absolute atomic E-state index is 0.415. The maximum Gasteiger partial charge on any atom is 0.160 e. The van der Waals surface area contributed by atoms with E-state index in [0.29, 0.717) is 22.9 Å². The van der Waals surface area contributed by atoms with Gasteiger partial charge in [-0.2, -0.15) is 5.10 Å². The quantitative estimate of drug-likeness (QED) is 0.844. The van der Waals surface area contributed by atoms with E-state index in [-0.39, 0.29) is 0 Å². The summed E-state index contributed by atoms with van der Waals surface area (Å²) in [5.41, 5.74) is 7.38. The Morgan fingerprint density at radius 1 is 1.29 bits per heavy atom. The van der Waals surface area contributed by atoms with Crippen LogP contribution in [0.25, 0.3) is 0 Å². The molecule has 1 aromatic carbocycles. The molecule has 4 nitrogen and oxygen atoms in total. The van der Waals surface area contributed by atoms with Crippen molar-refractivity contribution in [1.29, 1.82) is 0 Å². The van der Waals surface area contributed by atoms with Gasteiger partial charge in [0.25, 0.3) is 0 Å². The molecule has 2 aromatic rings. The van der Waals surface area contributed by atoms with Crippen LogP contribution in [0.4, 0.5) is 26.0 Å². The number of rotatable bonds is 2. The molecule has 0 aliphatic rings. The van der Waals surface area contributed by atoms with Crippen LogP contribution >= 0.6 is 0 Å². The number of nitrogens with zero attached hydrogens (tertiary/aromatic N) is 2. The van der Waals surface area contributed by atoms with Gasteiger partial charge >= 0.3 is 0 Å². The first-order valence-electron chi connectivity index (χ1n) is 5.00. The maximum atomic E-state index is 13.0. The van der Waals surface area contributed by atoms with E-state index in [1.54, 1.807) is 18.7 Å². The zero-order chi connectivity index (χ0) is 12.6. The minimum atomic E-state index is -0.910. The first-order valence-corrected chi connectivity index (χ1v) is 5.00. The highest BCUT2D eigenvalue weighted by atomic mass is 19.2. The molecular formula is C11H12F2N4. The summed E-state index contributed by atoms with van der Waals surface area (Å²) in [6, 6.07) is 3.55. The van der Waals surface area contributed by atoms with Crippen LogP contribution in [-0.4, -0.2) is 9.78 Å². The topological polar surface area (TPSA) is 55.9 Å². The molecule has 0 spiro atoms. The standard InChI is InChI=1S/C11H12F2N4/c1-6-10(14)11(17(2)16-6)15-7-3-4-8(12)9(13)5-7/h3-5,15H,14H2,1-2H3. The molecule has 0 unspecified atom stereocenters. The van der Waals surface area contributed by atoms with Gasteiger partial charge in [-0.1, -0.05) is 0 Å². The first-order chi connectivity index (χ1) is 7.99. The van der Waals surface area contributed by atoms with Crippen molar-refractivity contribution in [3.05, 3.63) is 35.5 Å². The molecule has 1 aromatic heterocycles. The van der Waals surface area contributed by atoms with Crippen LogP contribution < -0.4 is 11.1 Å². The van der Waals surface area contributed by atoms with E-state index in [9.17, 15) is 8.78 Å². The van der Waals surface area contributed by atoms with E-state index in [1.165, 1.54) is 6.07 Å². The molecule has 0 fully saturated rings. The molecule has 17 heavy (non-hydrogen) atoms. The third-order valence-electron chi connectivity index (χ3n) is 2.45. The molecule has 0 bridgehead atoms. The van der Waals surface area contributed by atoms with Crippen molar-refractivity contribution in [2.45, 2.75) is 6.92 Å². The largest absolute Gasteiger partial charge is 0.394 e. The van der Waals surface area contributed by atoms with Gasteiger partial charge in [-0.3, -0.25) is 4.68 Å². The second-order valence-electron chi connectivity index (χ2n) is 3.73. The predicted molar refractivity (Wildman–Crippen MR) is 62.0 cm³/mol. The second-order valence-corrected chi connectivity index (χ2v) is 3.73. The molecule has 0 saturated heterocycles. The van der Waals surface area contributed by atoms with Crippen molar-refractivity contribution in [2.75, 3.05) is 11.1 Å². The number of hydrogen-bond donors (Lipinski definition) is 2. The lowest BCUT2D eigenvalue weighted by molar-refractivity contribution is 0.509. The molecule has 1 heterocycles. The van der Waals surface area contributed by atoms with Crippen LogP contribution in [0.3, 0.4) is 0 Å². The number of halogens is 2. The fraction of sp³-hybridized carbons (Fsp3) is 0.182. The Hall–Kier alpha value is -2.11. The summed E-state index contributed by atoms with van der Waals surface area (Å²) >= 11 is 0. The molecule has 0 radical (unpaired) electrons. The Balaban J connectivity index is 2.34. The summed E-state index contributed by atoms with van der Waals surface area (Å²) in [7, 11) is 1.71. The Morgan fingerprint density at radius 3 is 2.53 bits per heavy atom. The van der Waals surface area contributed by atoms with E-state index in [2.05, 4.69) is 10.4 Å². The number of benzene rings is 1. The monoisotopic (exact) mass is 238 g/mol. The van der Waals surface area contributed by atoms with Crippen molar-refractivity contribution in [3.63, 3.8) is 0 Å². The lowest BCUT2D eigenvalue weighted by Crippen LogP contribution is -2.01. The summed E-state index contributed by atoms with van der Waals surface area (Å²) in [6.07, 6.45) is 0. The highest BCUT2D eigenvalue weighted by Crippen LogP contribution is 2.25. The molecule has 0 aliphatic carbocycles. The van der Waals surface area contributed by atoms with E-state index in [4.69, 9.17) is 5.73 Å². The van der Waals surface area contributed by atoms with Gasteiger partial charge in [0.1, 0.15) is 0 Å². The Labute approximate surface area is 97.0 Å². The summed E-state index contributed by atoms with van der Waals surface area (Å²) in [4.78, 5) is 0. The maximum absolute atomic E-state index is 13.0. The van der Waals surface area contributed by atoms with E-state index < -0.39 is 11.6 Å². The van der Waals surface area contributed by atoms with Crippen LogP contribution in [0.2, 0.25) is 0 Å². The number of nitrogens with two attached hydrogens (primary N) is 1. The van der Waals surface area contributed by atoms with Crippen molar-refractivity contribution in [1.82, 2.24) is 9.78 Å². The third kappa shape index (κ3) is 2.06. The van der Waals surface area contributed by atoms with Crippen molar-refractivity contribution in [2.24, 2.45) is 7.05 Å². The van der Waals surface area contributed by atoms with Gasteiger partial charge < -0.3 is 11.1 Å². The Morgan fingerprint density at radius 2 is 2.00 bits per heavy atom. The van der Waals surface area contributed by atoms with Gasteiger partial charge in [0.05, 0.1) is 11.4 Å². The van der Waals surface area contributed by atoms with Crippen LogP contribution in [-0.2, 0) is 7.05 Å². The minimum Gasteiger partial charge on any atom is -0.394 e. The SMILES string of the molecule is Cc1nn(C)c(Nc2ccc(F)c(F)c2)c1N. The summed E-state index contributed by atoms with van der Waals surface area (Å²) in [5.74, 6) is -1.24. The molecule has 0 atom stereocenters. The summed E-state index contributed by atoms with van der Waals surface area (Å²) in [6.45, 7) is 1.77. The van der Waals surface area contributed by atoms with Gasteiger partial charge in [0, 0.05) is 18.8 Å². The molecule has 2 rings (SSSR count). The smallest absolute Gasteiger partial charge is 0.160 e. The van der Waals surface area contributed by atoms with Crippen molar-refractivity contribution < 1.29 is 8.78 Å². The van der Waals surface area contributed by atoms with E-state index in [1.807, 2.05) is 0 Å². The fourth-order valence-electron chi connectivity index (χ4n) is 1.53. The lowest BCUT2D eigenvalue weighted by Gasteiger charge is -2.07.